The fraction of sp³-hybridized carbons (Fsp3) is 0.167. The van der Waals surface area contributed by atoms with E-state index in [0.29, 0.717) is 0 Å². The Morgan fingerprint density at radius 2 is 1.70 bits per heavy atom. The highest BCUT2D eigenvalue weighted by molar-refractivity contribution is 7.20. The summed E-state index contributed by atoms with van der Waals surface area (Å²) in [4.78, 5) is 19.9. The van der Waals surface area contributed by atoms with E-state index < -0.39 is 0 Å². The first-order chi connectivity index (χ1) is 14.8. The van der Waals surface area contributed by atoms with Crippen LogP contribution in [0.2, 0.25) is 0 Å². The molecule has 0 radical (unpaired) electrons. The second-order valence-corrected chi connectivity index (χ2v) is 8.40. The molecule has 1 fully saturated rings. The van der Waals surface area contributed by atoms with Gasteiger partial charge in [0, 0.05) is 43.4 Å². The van der Waals surface area contributed by atoms with Gasteiger partial charge in [0.25, 0.3) is 5.91 Å². The Bertz CT molecular complexity index is 1170. The van der Waals surface area contributed by atoms with E-state index in [9.17, 15) is 4.79 Å². The first kappa shape index (κ1) is 18.8. The molecular weight excluding hydrogens is 392 g/mol. The molecule has 4 aromatic rings. The van der Waals surface area contributed by atoms with Crippen molar-refractivity contribution in [2.75, 3.05) is 31.5 Å². The summed E-state index contributed by atoms with van der Waals surface area (Å²) in [6.45, 7) is 3.21. The minimum Gasteiger partial charge on any atom is -0.354 e. The lowest BCUT2D eigenvalue weighted by atomic mass is 10.1. The predicted octanol–water partition coefficient (Wildman–Crippen LogP) is 4.75. The maximum Gasteiger partial charge on any atom is 0.264 e. The summed E-state index contributed by atoms with van der Waals surface area (Å²) in [7, 11) is 0. The summed E-state index contributed by atoms with van der Waals surface area (Å²) in [5.74, 6) is 0.107. The molecule has 6 heteroatoms. The van der Waals surface area contributed by atoms with Crippen molar-refractivity contribution in [1.82, 2.24) is 15.2 Å². The molecule has 2 aromatic heterocycles. The molecule has 2 N–H and O–H groups in total. The van der Waals surface area contributed by atoms with E-state index in [1.807, 2.05) is 41.6 Å². The lowest BCUT2D eigenvalue weighted by Crippen LogP contribution is -2.46. The van der Waals surface area contributed by atoms with Crippen molar-refractivity contribution in [3.8, 4) is 11.1 Å². The number of anilines is 2. The number of fused-ring (bicyclic) bond motifs is 1. The molecular formula is C24H22N4OS. The van der Waals surface area contributed by atoms with E-state index in [-0.39, 0.29) is 5.91 Å². The molecule has 2 aromatic carbocycles. The van der Waals surface area contributed by atoms with E-state index in [0.717, 1.165) is 52.5 Å². The van der Waals surface area contributed by atoms with E-state index in [1.54, 1.807) is 0 Å². The minimum atomic E-state index is 0.107. The maximum atomic E-state index is 12.9. The summed E-state index contributed by atoms with van der Waals surface area (Å²) < 4.78 is 1.01. The van der Waals surface area contributed by atoms with Crippen molar-refractivity contribution in [3.63, 3.8) is 0 Å². The number of thiophene rings is 1. The highest BCUT2D eigenvalue weighted by Gasteiger charge is 2.20. The molecule has 0 atom stereocenters. The quantitative estimate of drug-likeness (QED) is 0.506. The van der Waals surface area contributed by atoms with Gasteiger partial charge >= 0.3 is 0 Å². The van der Waals surface area contributed by atoms with Crippen LogP contribution in [0, 0.1) is 0 Å². The summed E-state index contributed by atoms with van der Waals surface area (Å²) in [6, 6.07) is 20.7. The smallest absolute Gasteiger partial charge is 0.264 e. The number of hydrogen-bond donors (Lipinski definition) is 2. The van der Waals surface area contributed by atoms with Crippen LogP contribution in [0.4, 0.5) is 11.4 Å². The Balaban J connectivity index is 1.39. The Morgan fingerprint density at radius 1 is 0.967 bits per heavy atom. The van der Waals surface area contributed by atoms with E-state index in [1.165, 1.54) is 22.5 Å². The van der Waals surface area contributed by atoms with Gasteiger partial charge in [-0.3, -0.25) is 9.78 Å². The number of aromatic nitrogens is 1. The van der Waals surface area contributed by atoms with Gasteiger partial charge in [0.1, 0.15) is 0 Å². The van der Waals surface area contributed by atoms with Gasteiger partial charge in [-0.1, -0.05) is 42.5 Å². The Hall–Kier alpha value is -3.22. The third-order valence-corrected chi connectivity index (χ3v) is 6.39. The number of nitrogens with zero attached hydrogens (tertiary/aromatic N) is 2. The van der Waals surface area contributed by atoms with Gasteiger partial charge in [-0.25, -0.2) is 0 Å². The fourth-order valence-electron chi connectivity index (χ4n) is 3.72. The van der Waals surface area contributed by atoms with Crippen LogP contribution in [0.15, 0.2) is 73.1 Å². The first-order valence-electron chi connectivity index (χ1n) is 10.1. The predicted molar refractivity (Wildman–Crippen MR) is 124 cm³/mol. The summed E-state index contributed by atoms with van der Waals surface area (Å²) in [6.07, 6.45) is 3.65. The van der Waals surface area contributed by atoms with Gasteiger partial charge in [-0.15, -0.1) is 11.3 Å². The number of carbonyl (C=O) groups excluding carboxylic acids is 1. The van der Waals surface area contributed by atoms with E-state index in [4.69, 9.17) is 0 Å². The molecule has 0 bridgehead atoms. The van der Waals surface area contributed by atoms with Crippen molar-refractivity contribution in [2.45, 2.75) is 0 Å². The zero-order valence-corrected chi connectivity index (χ0v) is 17.3. The lowest BCUT2D eigenvalue weighted by molar-refractivity contribution is 0.0741. The molecule has 1 saturated heterocycles. The minimum absolute atomic E-state index is 0.107. The Kier molecular flexibility index (Phi) is 5.17. The van der Waals surface area contributed by atoms with Gasteiger partial charge < -0.3 is 15.5 Å². The standard InChI is InChI=1S/C24H22N4OS/c29-24(28-12-10-25-11-13-28)22-14-20-21(15-26-16-23(20)30-22)27-19-8-6-18(7-9-19)17-4-2-1-3-5-17/h1-9,14-16,25,27H,10-13H2. The second kappa shape index (κ2) is 8.26. The normalized spacial score (nSPS) is 14.1. The summed E-state index contributed by atoms with van der Waals surface area (Å²) in [5, 5.41) is 7.78. The van der Waals surface area contributed by atoms with Gasteiger partial charge in [0.2, 0.25) is 0 Å². The SMILES string of the molecule is O=C(c1cc2c(Nc3ccc(-c4ccccc4)cc3)cncc2s1)N1CCNCC1. The number of hydrogen-bond acceptors (Lipinski definition) is 5. The van der Waals surface area contributed by atoms with Crippen LogP contribution in [-0.4, -0.2) is 42.0 Å². The summed E-state index contributed by atoms with van der Waals surface area (Å²) in [5.41, 5.74) is 4.28. The Morgan fingerprint density at radius 3 is 2.47 bits per heavy atom. The van der Waals surface area contributed by atoms with Gasteiger partial charge in [-0.2, -0.15) is 0 Å². The number of carbonyl (C=O) groups is 1. The van der Waals surface area contributed by atoms with Crippen molar-refractivity contribution >= 4 is 38.7 Å². The number of rotatable bonds is 4. The molecule has 1 aliphatic rings. The average Bonchev–Trinajstić information content (AvgIpc) is 3.26. The molecule has 0 unspecified atom stereocenters. The van der Waals surface area contributed by atoms with Crippen molar-refractivity contribution in [2.24, 2.45) is 0 Å². The number of nitrogens with one attached hydrogen (secondary N) is 2. The molecule has 1 amide bonds. The van der Waals surface area contributed by atoms with Crippen LogP contribution in [0.5, 0.6) is 0 Å². The van der Waals surface area contributed by atoms with Gasteiger partial charge in [-0.05, 0) is 29.3 Å². The monoisotopic (exact) mass is 414 g/mol. The second-order valence-electron chi connectivity index (χ2n) is 7.32. The highest BCUT2D eigenvalue weighted by Crippen LogP contribution is 2.33. The van der Waals surface area contributed by atoms with Crippen LogP contribution in [0.3, 0.4) is 0 Å². The number of amides is 1. The maximum absolute atomic E-state index is 12.9. The molecule has 150 valence electrons. The molecule has 0 aliphatic carbocycles. The van der Waals surface area contributed by atoms with Gasteiger partial charge in [0.15, 0.2) is 0 Å². The van der Waals surface area contributed by atoms with E-state index >= 15 is 0 Å². The largest absolute Gasteiger partial charge is 0.354 e. The molecule has 3 heterocycles. The molecule has 5 nitrogen and oxygen atoms in total. The van der Waals surface area contributed by atoms with Crippen molar-refractivity contribution in [1.29, 1.82) is 0 Å². The van der Waals surface area contributed by atoms with Crippen molar-refractivity contribution in [3.05, 3.63) is 77.9 Å². The molecule has 0 saturated carbocycles. The fourth-order valence-corrected chi connectivity index (χ4v) is 4.74. The zero-order chi connectivity index (χ0) is 20.3. The zero-order valence-electron chi connectivity index (χ0n) is 16.5. The Labute approximate surface area is 179 Å². The third-order valence-electron chi connectivity index (χ3n) is 5.33. The first-order valence-corrected chi connectivity index (χ1v) is 10.9. The third kappa shape index (κ3) is 3.79. The van der Waals surface area contributed by atoms with E-state index in [2.05, 4.69) is 52.0 Å². The molecule has 0 spiro atoms. The number of pyridine rings is 1. The number of piperazine rings is 1. The van der Waals surface area contributed by atoms with Crippen LogP contribution in [-0.2, 0) is 0 Å². The number of benzene rings is 2. The molecule has 30 heavy (non-hydrogen) atoms. The van der Waals surface area contributed by atoms with Crippen LogP contribution in [0.1, 0.15) is 9.67 Å². The topological polar surface area (TPSA) is 57.3 Å². The van der Waals surface area contributed by atoms with Crippen LogP contribution < -0.4 is 10.6 Å². The van der Waals surface area contributed by atoms with Crippen LogP contribution >= 0.6 is 11.3 Å². The van der Waals surface area contributed by atoms with Gasteiger partial charge in [0.05, 0.1) is 21.5 Å². The average molecular weight is 415 g/mol. The molecule has 5 rings (SSSR count). The lowest BCUT2D eigenvalue weighted by Gasteiger charge is -2.26. The van der Waals surface area contributed by atoms with Crippen molar-refractivity contribution < 1.29 is 4.79 Å². The summed E-state index contributed by atoms with van der Waals surface area (Å²) >= 11 is 1.51. The highest BCUT2D eigenvalue weighted by atomic mass is 32.1. The molecule has 1 aliphatic heterocycles. The van der Waals surface area contributed by atoms with Crippen LogP contribution in [0.25, 0.3) is 21.2 Å².